The number of nitrogens with zero attached hydrogens (tertiary/aromatic N) is 2. The normalized spacial score (nSPS) is 15.1. The first kappa shape index (κ1) is 20.2. The van der Waals surface area contributed by atoms with Crippen LogP contribution in [0.1, 0.15) is 12.5 Å². The molecule has 3 rings (SSSR count). The van der Waals surface area contributed by atoms with Gasteiger partial charge in [0.25, 0.3) is 5.91 Å². The van der Waals surface area contributed by atoms with Crippen LogP contribution in [0.3, 0.4) is 0 Å². The molecule has 150 valence electrons. The fourth-order valence-electron chi connectivity index (χ4n) is 3.28. The Balaban J connectivity index is 2.08. The minimum absolute atomic E-state index is 0.261. The molecule has 0 atom stereocenters. The van der Waals surface area contributed by atoms with Crippen LogP contribution in [-0.2, 0) is 14.3 Å². The molecule has 1 heterocycles. The smallest absolute Gasteiger partial charge is 0.340 e. The van der Waals surface area contributed by atoms with Gasteiger partial charge in [0.05, 0.1) is 31.1 Å². The van der Waals surface area contributed by atoms with Crippen molar-refractivity contribution in [3.8, 4) is 5.75 Å². The van der Waals surface area contributed by atoms with E-state index in [1.165, 1.54) is 12.0 Å². The third kappa shape index (κ3) is 3.87. The van der Waals surface area contributed by atoms with Crippen molar-refractivity contribution in [2.24, 2.45) is 0 Å². The number of amides is 1. The summed E-state index contributed by atoms with van der Waals surface area (Å²) in [6, 6.07) is 14.9. The van der Waals surface area contributed by atoms with Gasteiger partial charge >= 0.3 is 5.97 Å². The third-order valence-electron chi connectivity index (χ3n) is 4.82. The number of allylic oxidation sites excluding steroid dienone is 1. The van der Waals surface area contributed by atoms with E-state index in [0.717, 1.165) is 11.3 Å². The van der Waals surface area contributed by atoms with E-state index < -0.39 is 5.97 Å². The second-order valence-electron chi connectivity index (χ2n) is 6.84. The standard InChI is InChI=1S/C23H24N2O4/c1-15-21(23(27)29-5)20(13-16-9-11-17(12-10-16)24(2)3)22(26)25(15)18-7-6-8-19(14-18)28-4/h6-14H,1-5H3/b20-13-. The Bertz CT molecular complexity index is 1000. The molecule has 6 nitrogen and oxygen atoms in total. The first-order chi connectivity index (χ1) is 13.9. The molecule has 2 aromatic carbocycles. The molecule has 0 bridgehead atoms. The first-order valence-corrected chi connectivity index (χ1v) is 9.14. The highest BCUT2D eigenvalue weighted by molar-refractivity contribution is 6.23. The lowest BCUT2D eigenvalue weighted by Crippen LogP contribution is -2.24. The lowest BCUT2D eigenvalue weighted by Gasteiger charge is -2.18. The van der Waals surface area contributed by atoms with Gasteiger partial charge < -0.3 is 14.4 Å². The number of carbonyl (C=O) groups is 2. The summed E-state index contributed by atoms with van der Waals surface area (Å²) in [5.41, 5.74) is 3.57. The van der Waals surface area contributed by atoms with Crippen LogP contribution in [0.25, 0.3) is 6.08 Å². The van der Waals surface area contributed by atoms with Crippen LogP contribution in [0.4, 0.5) is 11.4 Å². The lowest BCUT2D eigenvalue weighted by atomic mass is 10.0. The van der Waals surface area contributed by atoms with Crippen molar-refractivity contribution in [1.29, 1.82) is 0 Å². The summed E-state index contributed by atoms with van der Waals surface area (Å²) < 4.78 is 10.2. The average molecular weight is 392 g/mol. The highest BCUT2D eigenvalue weighted by Gasteiger charge is 2.38. The predicted molar refractivity (Wildman–Crippen MR) is 114 cm³/mol. The Kier molecular flexibility index (Phi) is 5.73. The predicted octanol–water partition coefficient (Wildman–Crippen LogP) is 3.64. The third-order valence-corrected chi connectivity index (χ3v) is 4.82. The van der Waals surface area contributed by atoms with Gasteiger partial charge in [-0.2, -0.15) is 0 Å². The summed E-state index contributed by atoms with van der Waals surface area (Å²) in [7, 11) is 6.80. The van der Waals surface area contributed by atoms with Crippen molar-refractivity contribution >= 4 is 29.3 Å². The van der Waals surface area contributed by atoms with Gasteiger partial charge in [-0.1, -0.05) is 18.2 Å². The van der Waals surface area contributed by atoms with Gasteiger partial charge in [-0.05, 0) is 42.8 Å². The minimum atomic E-state index is -0.544. The Labute approximate surface area is 170 Å². The van der Waals surface area contributed by atoms with Gasteiger partial charge in [-0.25, -0.2) is 4.79 Å². The molecule has 1 aliphatic rings. The van der Waals surface area contributed by atoms with E-state index in [1.54, 1.807) is 44.4 Å². The van der Waals surface area contributed by atoms with Crippen LogP contribution >= 0.6 is 0 Å². The number of hydrogen-bond donors (Lipinski definition) is 0. The number of anilines is 2. The number of rotatable bonds is 5. The second kappa shape index (κ2) is 8.22. The largest absolute Gasteiger partial charge is 0.497 e. The zero-order valence-corrected chi connectivity index (χ0v) is 17.2. The van der Waals surface area contributed by atoms with Gasteiger partial charge in [-0.3, -0.25) is 9.69 Å². The molecule has 0 spiro atoms. The summed E-state index contributed by atoms with van der Waals surface area (Å²) in [4.78, 5) is 29.3. The molecule has 0 fully saturated rings. The van der Waals surface area contributed by atoms with Gasteiger partial charge in [0.2, 0.25) is 0 Å². The van der Waals surface area contributed by atoms with E-state index in [1.807, 2.05) is 43.3 Å². The van der Waals surface area contributed by atoms with Gasteiger partial charge in [0.15, 0.2) is 0 Å². The molecule has 0 aliphatic carbocycles. The molecule has 0 radical (unpaired) electrons. The van der Waals surface area contributed by atoms with E-state index in [2.05, 4.69) is 0 Å². The Morgan fingerprint density at radius 2 is 1.76 bits per heavy atom. The maximum Gasteiger partial charge on any atom is 0.340 e. The van der Waals surface area contributed by atoms with Crippen LogP contribution in [0.2, 0.25) is 0 Å². The summed E-state index contributed by atoms with van der Waals surface area (Å²) in [6.07, 6.45) is 1.72. The van der Waals surface area contributed by atoms with Gasteiger partial charge in [0.1, 0.15) is 5.75 Å². The fraction of sp³-hybridized carbons (Fsp3) is 0.217. The Morgan fingerprint density at radius 1 is 1.07 bits per heavy atom. The highest BCUT2D eigenvalue weighted by atomic mass is 16.5. The van der Waals surface area contributed by atoms with Gasteiger partial charge in [-0.15, -0.1) is 0 Å². The Morgan fingerprint density at radius 3 is 2.34 bits per heavy atom. The van der Waals surface area contributed by atoms with Crippen molar-refractivity contribution in [2.45, 2.75) is 6.92 Å². The summed E-state index contributed by atoms with van der Waals surface area (Å²) >= 11 is 0. The number of hydrogen-bond acceptors (Lipinski definition) is 5. The monoisotopic (exact) mass is 392 g/mol. The van der Waals surface area contributed by atoms with Crippen LogP contribution in [0.15, 0.2) is 65.4 Å². The van der Waals surface area contributed by atoms with Crippen molar-refractivity contribution in [3.63, 3.8) is 0 Å². The number of methoxy groups -OCH3 is 2. The minimum Gasteiger partial charge on any atom is -0.497 e. The number of esters is 1. The van der Waals surface area contributed by atoms with E-state index >= 15 is 0 Å². The lowest BCUT2D eigenvalue weighted by molar-refractivity contribution is -0.136. The molecular weight excluding hydrogens is 368 g/mol. The average Bonchev–Trinajstić information content (AvgIpc) is 2.97. The molecule has 1 aliphatic heterocycles. The molecule has 0 unspecified atom stereocenters. The van der Waals surface area contributed by atoms with E-state index in [0.29, 0.717) is 22.7 Å². The molecule has 29 heavy (non-hydrogen) atoms. The summed E-state index contributed by atoms with van der Waals surface area (Å²) in [5.74, 6) is -0.204. The summed E-state index contributed by atoms with van der Waals surface area (Å²) in [5, 5.41) is 0. The van der Waals surface area contributed by atoms with Crippen LogP contribution in [0, 0.1) is 0 Å². The maximum atomic E-state index is 13.3. The zero-order chi connectivity index (χ0) is 21.1. The number of ether oxygens (including phenoxy) is 2. The molecule has 1 amide bonds. The number of carbonyl (C=O) groups excluding carboxylic acids is 2. The zero-order valence-electron chi connectivity index (χ0n) is 17.2. The van der Waals surface area contributed by atoms with Crippen molar-refractivity contribution in [1.82, 2.24) is 0 Å². The van der Waals surface area contributed by atoms with E-state index in [4.69, 9.17) is 9.47 Å². The first-order valence-electron chi connectivity index (χ1n) is 9.14. The van der Waals surface area contributed by atoms with Crippen LogP contribution in [-0.4, -0.2) is 40.2 Å². The Hall–Kier alpha value is -3.54. The summed E-state index contributed by atoms with van der Waals surface area (Å²) in [6.45, 7) is 1.74. The molecule has 0 saturated heterocycles. The molecule has 0 aromatic heterocycles. The van der Waals surface area contributed by atoms with Crippen molar-refractivity contribution in [2.75, 3.05) is 38.1 Å². The second-order valence-corrected chi connectivity index (χ2v) is 6.84. The van der Waals surface area contributed by atoms with E-state index in [-0.39, 0.29) is 11.5 Å². The molecular formula is C23H24N2O4. The molecule has 0 N–H and O–H groups in total. The number of benzene rings is 2. The highest BCUT2D eigenvalue weighted by Crippen LogP contribution is 2.36. The maximum absolute atomic E-state index is 13.3. The van der Waals surface area contributed by atoms with Crippen LogP contribution < -0.4 is 14.5 Å². The fourth-order valence-corrected chi connectivity index (χ4v) is 3.28. The van der Waals surface area contributed by atoms with Gasteiger partial charge in [0, 0.05) is 31.5 Å². The van der Waals surface area contributed by atoms with Crippen molar-refractivity contribution < 1.29 is 19.1 Å². The quantitative estimate of drug-likeness (QED) is 0.574. The molecule has 6 heteroatoms. The topological polar surface area (TPSA) is 59.1 Å². The van der Waals surface area contributed by atoms with E-state index in [9.17, 15) is 9.59 Å². The molecule has 0 saturated carbocycles. The SMILES string of the molecule is COC(=O)C1=C(C)N(c2cccc(OC)c2)C(=O)/C1=C\c1ccc(N(C)C)cc1. The van der Waals surface area contributed by atoms with Crippen LogP contribution in [0.5, 0.6) is 5.75 Å². The molecule has 2 aromatic rings. The van der Waals surface area contributed by atoms with Crippen molar-refractivity contribution in [3.05, 3.63) is 70.9 Å².